The average molecular weight is 218 g/mol. The van der Waals surface area contributed by atoms with Gasteiger partial charge in [-0.15, -0.1) is 0 Å². The number of carbonyl (C=O) groups excluding carboxylic acids is 1. The van der Waals surface area contributed by atoms with Crippen molar-refractivity contribution >= 4 is 5.78 Å². The molecule has 0 saturated heterocycles. The van der Waals surface area contributed by atoms with Crippen LogP contribution in [0.2, 0.25) is 0 Å². The van der Waals surface area contributed by atoms with Gasteiger partial charge in [-0.05, 0) is 29.9 Å². The Balaban J connectivity index is 1.78. The van der Waals surface area contributed by atoms with Crippen molar-refractivity contribution < 1.29 is 9.53 Å². The maximum atomic E-state index is 11.6. The van der Waals surface area contributed by atoms with E-state index in [1.165, 1.54) is 11.1 Å². The summed E-state index contributed by atoms with van der Waals surface area (Å²) in [6.07, 6.45) is 2.66. The lowest BCUT2D eigenvalue weighted by atomic mass is 9.75. The number of fused-ring (bicyclic) bond motifs is 1. The maximum Gasteiger partial charge on any atom is 0.159 e. The van der Waals surface area contributed by atoms with Gasteiger partial charge in [0.15, 0.2) is 5.78 Å². The lowest BCUT2D eigenvalue weighted by Crippen LogP contribution is -2.22. The molecular formula is C14H18O2. The van der Waals surface area contributed by atoms with Gasteiger partial charge in [0, 0.05) is 13.0 Å². The van der Waals surface area contributed by atoms with Crippen LogP contribution >= 0.6 is 0 Å². The van der Waals surface area contributed by atoms with Crippen LogP contribution in [0.1, 0.15) is 36.8 Å². The van der Waals surface area contributed by atoms with Crippen LogP contribution in [0.25, 0.3) is 0 Å². The van der Waals surface area contributed by atoms with Crippen LogP contribution in [0.3, 0.4) is 0 Å². The average Bonchev–Trinajstić information content (AvgIpc) is 2.26. The fourth-order valence-corrected chi connectivity index (χ4v) is 2.21. The highest BCUT2D eigenvalue weighted by atomic mass is 16.5. The summed E-state index contributed by atoms with van der Waals surface area (Å²) in [5.41, 5.74) is 2.75. The maximum absolute atomic E-state index is 11.6. The molecule has 1 aromatic rings. The standard InChI is InChI=1S/C14H18O2/c1-2-7-16-10-13(15)9-12-8-11-5-3-4-6-14(11)12/h3-6,12H,2,7-10H2,1H3. The second-order valence-electron chi connectivity index (χ2n) is 4.40. The van der Waals surface area contributed by atoms with Crippen molar-refractivity contribution in [2.24, 2.45) is 0 Å². The van der Waals surface area contributed by atoms with Gasteiger partial charge in [0.2, 0.25) is 0 Å². The minimum atomic E-state index is 0.230. The van der Waals surface area contributed by atoms with E-state index in [4.69, 9.17) is 4.74 Å². The first-order valence-electron chi connectivity index (χ1n) is 5.98. The van der Waals surface area contributed by atoms with Crippen LogP contribution in [0.15, 0.2) is 24.3 Å². The second-order valence-corrected chi connectivity index (χ2v) is 4.40. The van der Waals surface area contributed by atoms with Gasteiger partial charge in [-0.1, -0.05) is 31.2 Å². The predicted molar refractivity (Wildman–Crippen MR) is 63.6 cm³/mol. The fourth-order valence-electron chi connectivity index (χ4n) is 2.21. The molecule has 2 heteroatoms. The van der Waals surface area contributed by atoms with E-state index >= 15 is 0 Å². The summed E-state index contributed by atoms with van der Waals surface area (Å²) in [7, 11) is 0. The zero-order valence-electron chi connectivity index (χ0n) is 9.74. The lowest BCUT2D eigenvalue weighted by Gasteiger charge is -2.29. The highest BCUT2D eigenvalue weighted by molar-refractivity contribution is 5.81. The molecule has 2 rings (SSSR count). The summed E-state index contributed by atoms with van der Waals surface area (Å²) in [5.74, 6) is 0.668. The molecule has 0 N–H and O–H groups in total. The van der Waals surface area contributed by atoms with E-state index in [1.807, 2.05) is 13.0 Å². The number of benzene rings is 1. The topological polar surface area (TPSA) is 26.3 Å². The molecule has 1 aliphatic carbocycles. The van der Waals surface area contributed by atoms with Crippen LogP contribution in [0.5, 0.6) is 0 Å². The van der Waals surface area contributed by atoms with Crippen LogP contribution in [0, 0.1) is 0 Å². The first-order chi connectivity index (χ1) is 7.81. The molecule has 0 spiro atoms. The van der Waals surface area contributed by atoms with Crippen molar-refractivity contribution in [2.45, 2.75) is 32.1 Å². The van der Waals surface area contributed by atoms with Crippen LogP contribution in [-0.4, -0.2) is 19.0 Å². The van der Waals surface area contributed by atoms with Crippen LogP contribution in [-0.2, 0) is 16.0 Å². The van der Waals surface area contributed by atoms with Gasteiger partial charge in [-0.25, -0.2) is 0 Å². The first-order valence-corrected chi connectivity index (χ1v) is 5.98. The largest absolute Gasteiger partial charge is 0.374 e. The molecular weight excluding hydrogens is 200 g/mol. The summed E-state index contributed by atoms with van der Waals surface area (Å²) in [5, 5.41) is 0. The predicted octanol–water partition coefficient (Wildman–Crippen LogP) is 2.71. The number of ether oxygens (including phenoxy) is 1. The van der Waals surface area contributed by atoms with Gasteiger partial charge in [-0.2, -0.15) is 0 Å². The highest BCUT2D eigenvalue weighted by Crippen LogP contribution is 2.37. The van der Waals surface area contributed by atoms with Crippen molar-refractivity contribution in [1.29, 1.82) is 0 Å². The monoisotopic (exact) mass is 218 g/mol. The third-order valence-electron chi connectivity index (χ3n) is 3.05. The van der Waals surface area contributed by atoms with Crippen molar-refractivity contribution in [3.63, 3.8) is 0 Å². The molecule has 1 aliphatic rings. The third-order valence-corrected chi connectivity index (χ3v) is 3.05. The third kappa shape index (κ3) is 2.50. The molecule has 0 aromatic heterocycles. The van der Waals surface area contributed by atoms with Crippen molar-refractivity contribution in [1.82, 2.24) is 0 Å². The zero-order chi connectivity index (χ0) is 11.4. The Morgan fingerprint density at radius 1 is 1.44 bits per heavy atom. The molecule has 0 radical (unpaired) electrons. The van der Waals surface area contributed by atoms with Gasteiger partial charge >= 0.3 is 0 Å². The summed E-state index contributed by atoms with van der Waals surface area (Å²) in [6, 6.07) is 8.37. The Labute approximate surface area is 96.6 Å². The van der Waals surface area contributed by atoms with Crippen molar-refractivity contribution in [3.05, 3.63) is 35.4 Å². The van der Waals surface area contributed by atoms with Gasteiger partial charge in [-0.3, -0.25) is 4.79 Å². The Bertz CT molecular complexity index is 371. The normalized spacial score (nSPS) is 17.7. The van der Waals surface area contributed by atoms with E-state index in [1.54, 1.807) is 0 Å². The van der Waals surface area contributed by atoms with Gasteiger partial charge in [0.25, 0.3) is 0 Å². The smallest absolute Gasteiger partial charge is 0.159 e. The van der Waals surface area contributed by atoms with Crippen molar-refractivity contribution in [3.8, 4) is 0 Å². The van der Waals surface area contributed by atoms with E-state index in [-0.39, 0.29) is 12.4 Å². The van der Waals surface area contributed by atoms with E-state index in [0.717, 1.165) is 12.8 Å². The minimum Gasteiger partial charge on any atom is -0.374 e. The zero-order valence-corrected chi connectivity index (χ0v) is 9.74. The number of hydrogen-bond donors (Lipinski definition) is 0. The Hall–Kier alpha value is -1.15. The second kappa shape index (κ2) is 5.26. The molecule has 1 atom stereocenters. The molecule has 0 amide bonds. The highest BCUT2D eigenvalue weighted by Gasteiger charge is 2.27. The Morgan fingerprint density at radius 2 is 2.25 bits per heavy atom. The van der Waals surface area contributed by atoms with Crippen molar-refractivity contribution in [2.75, 3.05) is 13.2 Å². The number of hydrogen-bond acceptors (Lipinski definition) is 2. The first kappa shape index (κ1) is 11.3. The summed E-state index contributed by atoms with van der Waals surface area (Å²) >= 11 is 0. The quantitative estimate of drug-likeness (QED) is 0.686. The molecule has 0 bridgehead atoms. The van der Waals surface area contributed by atoms with Gasteiger partial charge < -0.3 is 4.74 Å². The molecule has 0 fully saturated rings. The molecule has 2 nitrogen and oxygen atoms in total. The number of ketones is 1. The molecule has 0 aliphatic heterocycles. The fraction of sp³-hybridized carbons (Fsp3) is 0.500. The Kier molecular flexibility index (Phi) is 3.73. The molecule has 0 heterocycles. The van der Waals surface area contributed by atoms with E-state index in [0.29, 0.717) is 18.9 Å². The summed E-state index contributed by atoms with van der Waals surface area (Å²) in [4.78, 5) is 11.6. The number of carbonyl (C=O) groups is 1. The molecule has 16 heavy (non-hydrogen) atoms. The van der Waals surface area contributed by atoms with Crippen LogP contribution < -0.4 is 0 Å². The van der Waals surface area contributed by atoms with E-state index in [2.05, 4.69) is 18.2 Å². The van der Waals surface area contributed by atoms with Gasteiger partial charge in [0.1, 0.15) is 6.61 Å². The summed E-state index contributed by atoms with van der Waals surface area (Å²) in [6.45, 7) is 3.02. The minimum absolute atomic E-state index is 0.230. The molecule has 1 aromatic carbocycles. The van der Waals surface area contributed by atoms with Gasteiger partial charge in [0.05, 0.1) is 0 Å². The SMILES string of the molecule is CCCOCC(=O)CC1Cc2ccccc21. The van der Waals surface area contributed by atoms with E-state index in [9.17, 15) is 4.79 Å². The van der Waals surface area contributed by atoms with E-state index < -0.39 is 0 Å². The summed E-state index contributed by atoms with van der Waals surface area (Å²) < 4.78 is 5.25. The van der Waals surface area contributed by atoms with Crippen LogP contribution in [0.4, 0.5) is 0 Å². The number of Topliss-reactive ketones (excluding diaryl/α,β-unsaturated/α-hetero) is 1. The number of rotatable bonds is 6. The molecule has 0 saturated carbocycles. The molecule has 1 unspecified atom stereocenters. The Morgan fingerprint density at radius 3 is 3.00 bits per heavy atom. The lowest BCUT2D eigenvalue weighted by molar-refractivity contribution is -0.124. The molecule has 86 valence electrons.